The molecule has 1 aromatic carbocycles. The number of rotatable bonds is 3. The molecular formula is C15H17ClN4O. The summed E-state index contributed by atoms with van der Waals surface area (Å²) < 4.78 is 0. The van der Waals surface area contributed by atoms with Crippen LogP contribution in [0.5, 0.6) is 0 Å². The molecule has 5 nitrogen and oxygen atoms in total. The average Bonchev–Trinajstić information content (AvgIpc) is 2.45. The third-order valence-electron chi connectivity index (χ3n) is 2.95. The molecule has 21 heavy (non-hydrogen) atoms. The summed E-state index contributed by atoms with van der Waals surface area (Å²) in [6, 6.07) is 10.7. The van der Waals surface area contributed by atoms with Crippen LogP contribution in [0.3, 0.4) is 0 Å². The highest BCUT2D eigenvalue weighted by molar-refractivity contribution is 6.29. The maximum Gasteiger partial charge on any atom is 0.269 e. The van der Waals surface area contributed by atoms with Gasteiger partial charge in [-0.2, -0.15) is 0 Å². The Labute approximate surface area is 128 Å². The molecule has 1 aromatic heterocycles. The van der Waals surface area contributed by atoms with E-state index >= 15 is 0 Å². The highest BCUT2D eigenvalue weighted by Gasteiger charge is 2.14. The normalized spacial score (nSPS) is 11.0. The van der Waals surface area contributed by atoms with Crippen molar-refractivity contribution in [1.82, 2.24) is 15.6 Å². The lowest BCUT2D eigenvalue weighted by Gasteiger charge is -2.19. The highest BCUT2D eigenvalue weighted by atomic mass is 35.5. The summed E-state index contributed by atoms with van der Waals surface area (Å²) in [6.45, 7) is 6.38. The quantitative estimate of drug-likeness (QED) is 0.855. The van der Waals surface area contributed by atoms with E-state index in [2.05, 4.69) is 41.8 Å². The molecule has 2 rings (SSSR count). The number of halogens is 1. The molecule has 0 atom stereocenters. The number of carbonyl (C=O) groups is 1. The van der Waals surface area contributed by atoms with Gasteiger partial charge in [-0.1, -0.05) is 44.5 Å². The fraction of sp³-hybridized carbons (Fsp3) is 0.267. The largest absolute Gasteiger partial charge is 0.280 e. The number of aromatic nitrogens is 2. The summed E-state index contributed by atoms with van der Waals surface area (Å²) in [4.78, 5) is 12.0. The van der Waals surface area contributed by atoms with Crippen LogP contribution in [-0.4, -0.2) is 16.1 Å². The van der Waals surface area contributed by atoms with E-state index < -0.39 is 0 Å². The van der Waals surface area contributed by atoms with Crippen molar-refractivity contribution in [3.05, 3.63) is 52.7 Å². The molecule has 0 bridgehead atoms. The number of hydrogen-bond donors (Lipinski definition) is 2. The van der Waals surface area contributed by atoms with E-state index in [1.807, 2.05) is 12.1 Å². The van der Waals surface area contributed by atoms with Gasteiger partial charge in [0.1, 0.15) is 0 Å². The van der Waals surface area contributed by atoms with Gasteiger partial charge in [0, 0.05) is 5.56 Å². The zero-order valence-electron chi connectivity index (χ0n) is 12.1. The second-order valence-electron chi connectivity index (χ2n) is 5.65. The number of amides is 1. The van der Waals surface area contributed by atoms with Gasteiger partial charge in [0.05, 0.1) is 0 Å². The smallest absolute Gasteiger partial charge is 0.269 e. The van der Waals surface area contributed by atoms with Crippen LogP contribution in [-0.2, 0) is 5.41 Å². The Morgan fingerprint density at radius 2 is 1.71 bits per heavy atom. The van der Waals surface area contributed by atoms with Gasteiger partial charge in [-0.15, -0.1) is 10.2 Å². The van der Waals surface area contributed by atoms with Crippen LogP contribution in [0.2, 0.25) is 5.15 Å². The predicted octanol–water partition coefficient (Wildman–Crippen LogP) is 3.18. The van der Waals surface area contributed by atoms with Crippen molar-refractivity contribution >= 4 is 23.3 Å². The number of hydrogen-bond acceptors (Lipinski definition) is 4. The molecule has 0 saturated carbocycles. The summed E-state index contributed by atoms with van der Waals surface area (Å²) in [5, 5.41) is 7.75. The van der Waals surface area contributed by atoms with E-state index in [1.54, 1.807) is 24.3 Å². The van der Waals surface area contributed by atoms with Crippen LogP contribution >= 0.6 is 11.6 Å². The van der Waals surface area contributed by atoms with Crippen LogP contribution in [0.4, 0.5) is 5.82 Å². The molecule has 1 heterocycles. The number of nitrogens with one attached hydrogen (secondary N) is 2. The minimum absolute atomic E-state index is 0.0617. The van der Waals surface area contributed by atoms with Gasteiger partial charge in [0.25, 0.3) is 5.91 Å². The van der Waals surface area contributed by atoms with Gasteiger partial charge in [-0.05, 0) is 35.2 Å². The Morgan fingerprint density at radius 1 is 1.05 bits per heavy atom. The lowest BCUT2D eigenvalue weighted by Crippen LogP contribution is -2.30. The van der Waals surface area contributed by atoms with Crippen molar-refractivity contribution < 1.29 is 4.79 Å². The molecule has 0 saturated heterocycles. The molecule has 0 radical (unpaired) electrons. The summed E-state index contributed by atoms with van der Waals surface area (Å²) in [5.41, 5.74) is 7.05. The van der Waals surface area contributed by atoms with E-state index in [0.29, 0.717) is 16.5 Å². The molecule has 1 amide bonds. The SMILES string of the molecule is CC(C)(C)c1ccc(C(=O)NNc2ccc(Cl)nn2)cc1. The summed E-state index contributed by atoms with van der Waals surface area (Å²) >= 11 is 5.63. The van der Waals surface area contributed by atoms with E-state index in [4.69, 9.17) is 11.6 Å². The molecule has 0 aliphatic heterocycles. The van der Waals surface area contributed by atoms with Crippen molar-refractivity contribution in [3.63, 3.8) is 0 Å². The molecule has 0 fully saturated rings. The Kier molecular flexibility index (Phi) is 4.43. The third kappa shape index (κ3) is 4.16. The molecular weight excluding hydrogens is 288 g/mol. The van der Waals surface area contributed by atoms with Crippen LogP contribution in [0.1, 0.15) is 36.7 Å². The lowest BCUT2D eigenvalue weighted by atomic mass is 9.87. The molecule has 0 spiro atoms. The summed E-state index contributed by atoms with van der Waals surface area (Å²) in [5.74, 6) is 0.172. The summed E-state index contributed by atoms with van der Waals surface area (Å²) in [7, 11) is 0. The molecule has 2 N–H and O–H groups in total. The van der Waals surface area contributed by atoms with Gasteiger partial charge in [-0.3, -0.25) is 15.6 Å². The third-order valence-corrected chi connectivity index (χ3v) is 3.15. The van der Waals surface area contributed by atoms with Crippen LogP contribution in [0, 0.1) is 0 Å². The van der Waals surface area contributed by atoms with Crippen molar-refractivity contribution in [1.29, 1.82) is 0 Å². The molecule has 110 valence electrons. The number of benzene rings is 1. The van der Waals surface area contributed by atoms with E-state index in [1.165, 1.54) is 5.56 Å². The standard InChI is InChI=1S/C15H17ClN4O/c1-15(2,3)11-6-4-10(5-7-11)14(21)20-19-13-9-8-12(16)17-18-13/h4-9H,1-3H3,(H,18,19)(H,20,21). The Balaban J connectivity index is 1.99. The van der Waals surface area contributed by atoms with Gasteiger partial charge < -0.3 is 0 Å². The maximum atomic E-state index is 12.0. The number of carbonyl (C=O) groups excluding carboxylic acids is 1. The fourth-order valence-electron chi connectivity index (χ4n) is 1.70. The summed E-state index contributed by atoms with van der Waals surface area (Å²) in [6.07, 6.45) is 0. The number of nitrogens with zero attached hydrogens (tertiary/aromatic N) is 2. The van der Waals surface area contributed by atoms with Gasteiger partial charge in [0.15, 0.2) is 11.0 Å². The van der Waals surface area contributed by atoms with E-state index in [0.717, 1.165) is 0 Å². The zero-order valence-corrected chi connectivity index (χ0v) is 12.9. The van der Waals surface area contributed by atoms with Gasteiger partial charge in [-0.25, -0.2) is 0 Å². The number of anilines is 1. The van der Waals surface area contributed by atoms with Gasteiger partial charge >= 0.3 is 0 Å². The van der Waals surface area contributed by atoms with Crippen molar-refractivity contribution in [3.8, 4) is 0 Å². The fourth-order valence-corrected chi connectivity index (χ4v) is 1.80. The first-order chi connectivity index (χ1) is 9.86. The van der Waals surface area contributed by atoms with E-state index in [9.17, 15) is 4.79 Å². The minimum atomic E-state index is -0.243. The maximum absolute atomic E-state index is 12.0. The van der Waals surface area contributed by atoms with Crippen molar-refractivity contribution in [2.24, 2.45) is 0 Å². The van der Waals surface area contributed by atoms with Crippen LogP contribution < -0.4 is 10.9 Å². The second-order valence-corrected chi connectivity index (χ2v) is 6.04. The van der Waals surface area contributed by atoms with Crippen molar-refractivity contribution in [2.45, 2.75) is 26.2 Å². The monoisotopic (exact) mass is 304 g/mol. The first-order valence-electron chi connectivity index (χ1n) is 6.52. The first-order valence-corrected chi connectivity index (χ1v) is 6.90. The molecule has 2 aromatic rings. The molecule has 0 aliphatic carbocycles. The van der Waals surface area contributed by atoms with Crippen LogP contribution in [0.15, 0.2) is 36.4 Å². The van der Waals surface area contributed by atoms with Crippen LogP contribution in [0.25, 0.3) is 0 Å². The Hall–Kier alpha value is -2.14. The topological polar surface area (TPSA) is 66.9 Å². The van der Waals surface area contributed by atoms with Crippen molar-refractivity contribution in [2.75, 3.05) is 5.43 Å². The molecule has 6 heteroatoms. The second kappa shape index (κ2) is 6.10. The van der Waals surface area contributed by atoms with Gasteiger partial charge in [0.2, 0.25) is 0 Å². The van der Waals surface area contributed by atoms with E-state index in [-0.39, 0.29) is 11.3 Å². The lowest BCUT2D eigenvalue weighted by molar-refractivity contribution is 0.0962. The Morgan fingerprint density at radius 3 is 2.24 bits per heavy atom. The number of hydrazine groups is 1. The Bertz CT molecular complexity index is 618. The minimum Gasteiger partial charge on any atom is -0.280 e. The first kappa shape index (κ1) is 15.3. The molecule has 0 aliphatic rings. The predicted molar refractivity (Wildman–Crippen MR) is 83.3 cm³/mol. The average molecular weight is 305 g/mol. The zero-order chi connectivity index (χ0) is 15.5. The highest BCUT2D eigenvalue weighted by Crippen LogP contribution is 2.22. The molecule has 0 unspecified atom stereocenters.